The van der Waals surface area contributed by atoms with E-state index in [1.807, 2.05) is 12.1 Å². The molecule has 2 aromatic carbocycles. The van der Waals surface area contributed by atoms with Crippen molar-refractivity contribution in [2.75, 3.05) is 20.6 Å². The van der Waals surface area contributed by atoms with Crippen molar-refractivity contribution in [1.29, 1.82) is 5.26 Å². The van der Waals surface area contributed by atoms with Crippen LogP contribution in [0.15, 0.2) is 42.7 Å². The second kappa shape index (κ2) is 8.15. The molecule has 7 heteroatoms. The van der Waals surface area contributed by atoms with Crippen LogP contribution in [0.1, 0.15) is 32.6 Å². The SMILES string of the molecule is CNC(=O)c1cncc(-c2cc3c(-c4cc(C)c5c(c4)CN(C)CC5)n[nH]c3cc2C#N)c1. The van der Waals surface area contributed by atoms with Crippen LogP contribution in [0.2, 0.25) is 0 Å². The van der Waals surface area contributed by atoms with Crippen LogP contribution in [0.3, 0.4) is 0 Å². The number of carbonyl (C=O) groups excluding carboxylic acids is 1. The molecule has 1 aliphatic rings. The van der Waals surface area contributed by atoms with Gasteiger partial charge in [-0.05, 0) is 67.4 Å². The summed E-state index contributed by atoms with van der Waals surface area (Å²) < 4.78 is 0. The lowest BCUT2D eigenvalue weighted by molar-refractivity contribution is 0.0963. The molecule has 164 valence electrons. The maximum atomic E-state index is 12.1. The largest absolute Gasteiger partial charge is 0.355 e. The number of H-pyrrole nitrogens is 1. The van der Waals surface area contributed by atoms with Gasteiger partial charge >= 0.3 is 0 Å². The number of fused-ring (bicyclic) bond motifs is 2. The number of hydrogen-bond acceptors (Lipinski definition) is 5. The first-order valence-corrected chi connectivity index (χ1v) is 10.9. The van der Waals surface area contributed by atoms with Crippen molar-refractivity contribution in [3.63, 3.8) is 0 Å². The third-order valence-electron chi connectivity index (χ3n) is 6.38. The molecule has 1 aliphatic heterocycles. The molecule has 2 aromatic heterocycles. The lowest BCUT2D eigenvalue weighted by atomic mass is 9.91. The minimum Gasteiger partial charge on any atom is -0.355 e. The standard InChI is InChI=1S/C26H24N6O/c1-15-6-16(7-20-14-32(3)5-4-21(15)20)25-23-10-22(17(11-27)9-24(23)30-31-25)18-8-19(13-29-12-18)26(33)28-2/h6-10,12-13H,4-5,14H2,1-3H3,(H,28,33)(H,30,31). The van der Waals surface area contributed by atoms with Gasteiger partial charge in [-0.1, -0.05) is 0 Å². The summed E-state index contributed by atoms with van der Waals surface area (Å²) in [4.78, 5) is 18.7. The number of carbonyl (C=O) groups is 1. The van der Waals surface area contributed by atoms with Crippen LogP contribution >= 0.6 is 0 Å². The molecule has 0 unspecified atom stereocenters. The molecule has 7 nitrogen and oxygen atoms in total. The van der Waals surface area contributed by atoms with Gasteiger partial charge in [-0.25, -0.2) is 0 Å². The second-order valence-corrected chi connectivity index (χ2v) is 8.59. The van der Waals surface area contributed by atoms with E-state index in [0.29, 0.717) is 16.7 Å². The lowest BCUT2D eigenvalue weighted by Gasteiger charge is -2.26. The zero-order valence-corrected chi connectivity index (χ0v) is 18.9. The first-order chi connectivity index (χ1) is 16.0. The third-order valence-corrected chi connectivity index (χ3v) is 6.38. The van der Waals surface area contributed by atoms with E-state index < -0.39 is 0 Å². The summed E-state index contributed by atoms with van der Waals surface area (Å²) in [6.45, 7) is 4.16. The summed E-state index contributed by atoms with van der Waals surface area (Å²) in [5, 5.41) is 21.0. The number of likely N-dealkylation sites (N-methyl/N-ethyl adjacent to an activating group) is 1. The minimum absolute atomic E-state index is 0.220. The summed E-state index contributed by atoms with van der Waals surface area (Å²) in [5.74, 6) is -0.220. The molecule has 1 amide bonds. The van der Waals surface area contributed by atoms with Gasteiger partial charge in [-0.2, -0.15) is 10.4 Å². The molecular weight excluding hydrogens is 412 g/mol. The molecule has 0 radical (unpaired) electrons. The van der Waals surface area contributed by atoms with E-state index in [4.69, 9.17) is 0 Å². The average molecular weight is 437 g/mol. The average Bonchev–Trinajstić information content (AvgIpc) is 3.25. The number of nitriles is 1. The molecule has 5 rings (SSSR count). The fourth-order valence-corrected chi connectivity index (χ4v) is 4.67. The number of aromatic nitrogens is 3. The summed E-state index contributed by atoms with van der Waals surface area (Å²) in [5.41, 5.74) is 9.14. The normalized spacial score (nSPS) is 13.5. The van der Waals surface area contributed by atoms with Crippen LogP contribution in [0, 0.1) is 18.3 Å². The first kappa shape index (κ1) is 20.9. The molecule has 33 heavy (non-hydrogen) atoms. The molecule has 0 bridgehead atoms. The third kappa shape index (κ3) is 3.65. The summed E-state index contributed by atoms with van der Waals surface area (Å²) >= 11 is 0. The Morgan fingerprint density at radius 3 is 2.82 bits per heavy atom. The number of nitrogens with zero attached hydrogens (tertiary/aromatic N) is 4. The Labute approximate surface area is 192 Å². The summed E-state index contributed by atoms with van der Waals surface area (Å²) in [7, 11) is 3.73. The van der Waals surface area contributed by atoms with Gasteiger partial charge in [0.2, 0.25) is 0 Å². The van der Waals surface area contributed by atoms with Crippen LogP contribution in [-0.2, 0) is 13.0 Å². The number of amides is 1. The number of pyridine rings is 1. The second-order valence-electron chi connectivity index (χ2n) is 8.59. The van der Waals surface area contributed by atoms with E-state index in [9.17, 15) is 10.1 Å². The van der Waals surface area contributed by atoms with Gasteiger partial charge in [0, 0.05) is 54.6 Å². The number of hydrogen-bond donors (Lipinski definition) is 2. The van der Waals surface area contributed by atoms with Crippen molar-refractivity contribution in [2.24, 2.45) is 0 Å². The smallest absolute Gasteiger partial charge is 0.252 e. The van der Waals surface area contributed by atoms with Gasteiger partial charge in [-0.15, -0.1) is 0 Å². The highest BCUT2D eigenvalue weighted by molar-refractivity contribution is 5.99. The Bertz CT molecular complexity index is 1450. The molecule has 0 saturated carbocycles. The molecule has 0 aliphatic carbocycles. The number of aryl methyl sites for hydroxylation is 1. The van der Waals surface area contributed by atoms with Gasteiger partial charge in [0.05, 0.1) is 28.4 Å². The highest BCUT2D eigenvalue weighted by Crippen LogP contribution is 2.35. The van der Waals surface area contributed by atoms with E-state index in [1.165, 1.54) is 22.9 Å². The van der Waals surface area contributed by atoms with Gasteiger partial charge in [0.25, 0.3) is 5.91 Å². The van der Waals surface area contributed by atoms with Crippen LogP contribution in [0.25, 0.3) is 33.3 Å². The molecule has 0 spiro atoms. The molecule has 4 aromatic rings. The van der Waals surface area contributed by atoms with Crippen molar-refractivity contribution >= 4 is 16.8 Å². The number of aromatic amines is 1. The number of benzene rings is 2. The van der Waals surface area contributed by atoms with Crippen LogP contribution in [-0.4, -0.2) is 46.6 Å². The van der Waals surface area contributed by atoms with Crippen molar-refractivity contribution in [3.8, 4) is 28.5 Å². The quantitative estimate of drug-likeness (QED) is 0.509. The first-order valence-electron chi connectivity index (χ1n) is 10.9. The highest BCUT2D eigenvalue weighted by Gasteiger charge is 2.19. The maximum Gasteiger partial charge on any atom is 0.252 e. The molecular formula is C26H24N6O. The molecule has 3 heterocycles. The van der Waals surface area contributed by atoms with E-state index in [-0.39, 0.29) is 5.91 Å². The molecule has 0 fully saturated rings. The fourth-order valence-electron chi connectivity index (χ4n) is 4.67. The Morgan fingerprint density at radius 1 is 1.18 bits per heavy atom. The fraction of sp³-hybridized carbons (Fsp3) is 0.231. The Hall–Kier alpha value is -4.02. The van der Waals surface area contributed by atoms with Crippen molar-refractivity contribution in [2.45, 2.75) is 19.9 Å². The zero-order chi connectivity index (χ0) is 23.1. The monoisotopic (exact) mass is 436 g/mol. The number of rotatable bonds is 3. The van der Waals surface area contributed by atoms with Crippen LogP contribution in [0.5, 0.6) is 0 Å². The lowest BCUT2D eigenvalue weighted by Crippen LogP contribution is -2.27. The summed E-state index contributed by atoms with van der Waals surface area (Å²) in [6.07, 6.45) is 4.25. The Balaban J connectivity index is 1.67. The Morgan fingerprint density at radius 2 is 2.03 bits per heavy atom. The zero-order valence-electron chi connectivity index (χ0n) is 18.9. The topological polar surface area (TPSA) is 97.7 Å². The van der Waals surface area contributed by atoms with Crippen molar-refractivity contribution in [1.82, 2.24) is 25.4 Å². The van der Waals surface area contributed by atoms with E-state index >= 15 is 0 Å². The molecule has 2 N–H and O–H groups in total. The van der Waals surface area contributed by atoms with Crippen molar-refractivity contribution < 1.29 is 4.79 Å². The predicted molar refractivity (Wildman–Crippen MR) is 128 cm³/mol. The highest BCUT2D eigenvalue weighted by atomic mass is 16.1. The van der Waals surface area contributed by atoms with Crippen LogP contribution < -0.4 is 5.32 Å². The summed E-state index contributed by atoms with van der Waals surface area (Å²) in [6, 6.07) is 12.2. The van der Waals surface area contributed by atoms with E-state index in [1.54, 1.807) is 19.3 Å². The van der Waals surface area contributed by atoms with Gasteiger partial charge in [0.15, 0.2) is 0 Å². The molecule has 0 saturated heterocycles. The Kier molecular flexibility index (Phi) is 5.15. The van der Waals surface area contributed by atoms with Crippen molar-refractivity contribution in [3.05, 3.63) is 70.5 Å². The van der Waals surface area contributed by atoms with Gasteiger partial charge in [0.1, 0.15) is 0 Å². The van der Waals surface area contributed by atoms with Gasteiger partial charge in [-0.3, -0.25) is 14.9 Å². The minimum atomic E-state index is -0.220. The van der Waals surface area contributed by atoms with Crippen LogP contribution in [0.4, 0.5) is 0 Å². The predicted octanol–water partition coefficient (Wildman–Crippen LogP) is 3.82. The van der Waals surface area contributed by atoms with E-state index in [2.05, 4.69) is 57.6 Å². The van der Waals surface area contributed by atoms with E-state index in [0.717, 1.165) is 47.2 Å². The van der Waals surface area contributed by atoms with Gasteiger partial charge < -0.3 is 10.2 Å². The maximum absolute atomic E-state index is 12.1. The number of nitrogens with one attached hydrogen (secondary N) is 2. The molecule has 0 atom stereocenters.